The fourth-order valence-electron chi connectivity index (χ4n) is 2.80. The molecule has 2 aromatic carbocycles. The molecule has 1 N–H and O–H groups in total. The first-order valence-corrected chi connectivity index (χ1v) is 8.84. The van der Waals surface area contributed by atoms with Crippen LogP contribution in [0, 0.1) is 12.3 Å². The fraction of sp³-hybridized carbons (Fsp3) is 0.333. The van der Waals surface area contributed by atoms with Crippen LogP contribution in [0.5, 0.6) is 5.75 Å². The van der Waals surface area contributed by atoms with Crippen LogP contribution in [-0.2, 0) is 15.8 Å². The molecule has 0 fully saturated rings. The first-order chi connectivity index (χ1) is 12.3. The Labute approximate surface area is 184 Å². The van der Waals surface area contributed by atoms with E-state index in [1.54, 1.807) is 18.2 Å². The predicted molar refractivity (Wildman–Crippen MR) is 96.5 cm³/mol. The van der Waals surface area contributed by atoms with Gasteiger partial charge in [0.05, 0.1) is 12.0 Å². The Kier molecular flexibility index (Phi) is 7.32. The van der Waals surface area contributed by atoms with Crippen LogP contribution < -0.4 is 34.8 Å². The summed E-state index contributed by atoms with van der Waals surface area (Å²) in [5.74, 6) is 0.184. The smallest absolute Gasteiger partial charge is 0.691 e. The number of aromatic hydroxyl groups is 1. The summed E-state index contributed by atoms with van der Waals surface area (Å²) >= 11 is 0.794. The molecule has 0 spiro atoms. The maximum absolute atomic E-state index is 10.7. The minimum Gasteiger partial charge on any atom is -0.691 e. The number of nitrogens with zero attached hydrogens (tertiary/aromatic N) is 3. The molecule has 0 amide bonds. The largest absolute Gasteiger partial charge is 1.00 e. The Hall–Kier alpha value is -1.13. The van der Waals surface area contributed by atoms with Crippen LogP contribution in [0.3, 0.4) is 0 Å². The number of phenols is 1. The standard InChI is InChI=1S/C18H21N3O4S.Na/c1-11-7-12(10-18(2,3)4)17(22)16(8-11)21-19-14-6-5-13(26-25-24-23)9-15(14)20-21;/h5-9,22-23H,10H2,1-4H3;/q;+1/p-1. The van der Waals surface area contributed by atoms with Gasteiger partial charge in [-0.25, -0.2) is 0 Å². The molecule has 7 nitrogen and oxygen atoms in total. The van der Waals surface area contributed by atoms with Crippen molar-refractivity contribution in [1.29, 1.82) is 0 Å². The van der Waals surface area contributed by atoms with Crippen molar-refractivity contribution >= 4 is 23.1 Å². The van der Waals surface area contributed by atoms with E-state index in [0.717, 1.165) is 29.6 Å². The van der Waals surface area contributed by atoms with Crippen molar-refractivity contribution in [3.63, 3.8) is 0 Å². The van der Waals surface area contributed by atoms with Gasteiger partial charge in [0, 0.05) is 4.90 Å². The van der Waals surface area contributed by atoms with Gasteiger partial charge < -0.3 is 10.4 Å². The van der Waals surface area contributed by atoms with Gasteiger partial charge >= 0.3 is 29.6 Å². The number of hydrogen-bond donors (Lipinski definition) is 1. The van der Waals surface area contributed by atoms with Crippen molar-refractivity contribution in [2.24, 2.45) is 5.41 Å². The van der Waals surface area contributed by atoms with Gasteiger partial charge in [0.25, 0.3) is 0 Å². The van der Waals surface area contributed by atoms with Crippen LogP contribution in [-0.4, -0.2) is 20.1 Å². The Balaban J connectivity index is 0.00000261. The van der Waals surface area contributed by atoms with Crippen molar-refractivity contribution in [3.8, 4) is 11.4 Å². The zero-order chi connectivity index (χ0) is 18.9. The van der Waals surface area contributed by atoms with Gasteiger partial charge in [-0.3, -0.25) is 5.04 Å². The zero-order valence-corrected chi connectivity index (χ0v) is 18.8. The maximum Gasteiger partial charge on any atom is 1.00 e. The van der Waals surface area contributed by atoms with E-state index in [0.29, 0.717) is 21.6 Å². The molecule has 3 rings (SSSR count). The van der Waals surface area contributed by atoms with E-state index in [2.05, 4.69) is 40.3 Å². The number of fused-ring (bicyclic) bond motifs is 1. The molecule has 1 heterocycles. The summed E-state index contributed by atoms with van der Waals surface area (Å²) < 4.78 is 4.32. The molecule has 0 aliphatic rings. The average molecular weight is 397 g/mol. The second kappa shape index (κ2) is 8.91. The van der Waals surface area contributed by atoms with Crippen LogP contribution >= 0.6 is 12.0 Å². The molecule has 0 atom stereocenters. The fourth-order valence-corrected chi connectivity index (χ4v) is 3.19. The van der Waals surface area contributed by atoms with Gasteiger partial charge in [-0.05, 0) is 54.2 Å². The van der Waals surface area contributed by atoms with Gasteiger partial charge in [0.1, 0.15) is 22.5 Å². The molecular formula is C18H20N3NaO4S. The van der Waals surface area contributed by atoms with E-state index in [9.17, 15) is 10.4 Å². The quantitative estimate of drug-likeness (QED) is 0.286. The van der Waals surface area contributed by atoms with Gasteiger partial charge in [-0.15, -0.1) is 15.0 Å². The van der Waals surface area contributed by atoms with Crippen molar-refractivity contribution in [2.75, 3.05) is 0 Å². The monoisotopic (exact) mass is 397 g/mol. The summed E-state index contributed by atoms with van der Waals surface area (Å²) in [6, 6.07) is 9.07. The molecule has 0 bridgehead atoms. The number of benzene rings is 2. The summed E-state index contributed by atoms with van der Waals surface area (Å²) in [6.07, 6.45) is 0.738. The first kappa shape index (κ1) is 22.2. The molecule has 0 saturated carbocycles. The molecular weight excluding hydrogens is 377 g/mol. The topological polar surface area (TPSA) is 92.5 Å². The second-order valence-electron chi connectivity index (χ2n) is 7.39. The van der Waals surface area contributed by atoms with Gasteiger partial charge in [-0.2, -0.15) is 4.33 Å². The number of phenolic OH excluding ortho intramolecular Hbond substituents is 1. The van der Waals surface area contributed by atoms with Crippen LogP contribution in [0.4, 0.5) is 0 Å². The van der Waals surface area contributed by atoms with Crippen molar-refractivity contribution in [3.05, 3.63) is 41.5 Å². The van der Waals surface area contributed by atoms with Crippen molar-refractivity contribution < 1.29 is 49.3 Å². The Morgan fingerprint density at radius 3 is 2.52 bits per heavy atom. The van der Waals surface area contributed by atoms with Gasteiger partial charge in [0.15, 0.2) is 0 Å². The minimum absolute atomic E-state index is 0. The third-order valence-electron chi connectivity index (χ3n) is 3.76. The number of aryl methyl sites for hydroxylation is 1. The summed E-state index contributed by atoms with van der Waals surface area (Å²) in [6.45, 7) is 8.36. The number of rotatable bonds is 5. The second-order valence-corrected chi connectivity index (χ2v) is 8.16. The molecule has 9 heteroatoms. The van der Waals surface area contributed by atoms with E-state index in [1.165, 1.54) is 4.80 Å². The third kappa shape index (κ3) is 5.45. The third-order valence-corrected chi connectivity index (χ3v) is 4.33. The molecule has 27 heavy (non-hydrogen) atoms. The minimum atomic E-state index is 0. The van der Waals surface area contributed by atoms with E-state index < -0.39 is 0 Å². The van der Waals surface area contributed by atoms with E-state index in [1.807, 2.05) is 19.1 Å². The summed E-state index contributed by atoms with van der Waals surface area (Å²) in [5, 5.41) is 33.0. The normalized spacial score (nSPS) is 11.6. The Bertz CT molecular complexity index is 940. The molecule has 1 aromatic heterocycles. The number of hydrogen-bond acceptors (Lipinski definition) is 7. The molecule has 3 aromatic rings. The average Bonchev–Trinajstić information content (AvgIpc) is 2.97. The zero-order valence-electron chi connectivity index (χ0n) is 16.0. The molecule has 0 saturated heterocycles. The SMILES string of the molecule is Cc1cc(CC(C)(C)C)c(O)c(-n2nc3ccc(SOO[O-])cc3n2)c1.[Na+]. The van der Waals surface area contributed by atoms with Gasteiger partial charge in [-0.1, -0.05) is 26.8 Å². The van der Waals surface area contributed by atoms with Crippen molar-refractivity contribution in [2.45, 2.75) is 39.0 Å². The van der Waals surface area contributed by atoms with Crippen LogP contribution in [0.1, 0.15) is 31.9 Å². The molecule has 0 aliphatic carbocycles. The van der Waals surface area contributed by atoms with Crippen molar-refractivity contribution in [1.82, 2.24) is 15.0 Å². The van der Waals surface area contributed by atoms with E-state index in [4.69, 9.17) is 0 Å². The first-order valence-electron chi connectivity index (χ1n) is 8.10. The molecule has 138 valence electrons. The Morgan fingerprint density at radius 2 is 1.85 bits per heavy atom. The maximum atomic E-state index is 10.7. The molecule has 0 radical (unpaired) electrons. The van der Waals surface area contributed by atoms with Gasteiger partial charge in [0.2, 0.25) is 0 Å². The summed E-state index contributed by atoms with van der Waals surface area (Å²) in [7, 11) is 0. The predicted octanol–water partition coefficient (Wildman–Crippen LogP) is 0.258. The summed E-state index contributed by atoms with van der Waals surface area (Å²) in [4.78, 5) is 2.08. The van der Waals surface area contributed by atoms with E-state index >= 15 is 0 Å². The van der Waals surface area contributed by atoms with Crippen LogP contribution in [0.15, 0.2) is 35.2 Å². The molecule has 0 unspecified atom stereocenters. The number of aromatic nitrogens is 3. The van der Waals surface area contributed by atoms with E-state index in [-0.39, 0.29) is 40.7 Å². The summed E-state index contributed by atoms with van der Waals surface area (Å²) in [5.41, 5.74) is 3.74. The van der Waals surface area contributed by atoms with Crippen LogP contribution in [0.25, 0.3) is 16.7 Å². The molecule has 0 aliphatic heterocycles. The van der Waals surface area contributed by atoms with Crippen LogP contribution in [0.2, 0.25) is 0 Å². The Morgan fingerprint density at radius 1 is 1.15 bits per heavy atom.